The Hall–Kier alpha value is -3.21. The minimum Gasteiger partial charge on any atom is -0.496 e. The van der Waals surface area contributed by atoms with Crippen LogP contribution in [0.4, 0.5) is 0 Å². The molecule has 0 aliphatic carbocycles. The molecule has 4 aromatic rings. The Labute approximate surface area is 176 Å². The van der Waals surface area contributed by atoms with Crippen LogP contribution in [0.3, 0.4) is 0 Å². The van der Waals surface area contributed by atoms with Crippen LogP contribution in [0.2, 0.25) is 0 Å². The zero-order valence-corrected chi connectivity index (χ0v) is 17.4. The first-order valence-corrected chi connectivity index (χ1v) is 11.1. The Kier molecular flexibility index (Phi) is 5.29. The molecule has 2 heterocycles. The molecule has 10 heteroatoms. The molecule has 0 radical (unpaired) electrons. The van der Waals surface area contributed by atoms with Crippen molar-refractivity contribution in [3.05, 3.63) is 65.9 Å². The molecule has 3 N–H and O–H groups in total. The van der Waals surface area contributed by atoms with E-state index in [0.29, 0.717) is 11.5 Å². The summed E-state index contributed by atoms with van der Waals surface area (Å²) in [6.45, 7) is 0.104. The van der Waals surface area contributed by atoms with Gasteiger partial charge in [0, 0.05) is 0 Å². The first-order chi connectivity index (χ1) is 14.3. The molecule has 0 fully saturated rings. The summed E-state index contributed by atoms with van der Waals surface area (Å²) in [5.41, 5.74) is 0.951. The number of nitrogens with zero attached hydrogens (tertiary/aromatic N) is 1. The Bertz CT molecular complexity index is 1310. The van der Waals surface area contributed by atoms with Crippen LogP contribution in [-0.4, -0.2) is 26.4 Å². The lowest BCUT2D eigenvalue weighted by Crippen LogP contribution is -2.24. The van der Waals surface area contributed by atoms with E-state index in [1.807, 2.05) is 24.3 Å². The number of ether oxygens (including phenoxy) is 1. The van der Waals surface area contributed by atoms with Crippen molar-refractivity contribution in [1.29, 1.82) is 0 Å². The van der Waals surface area contributed by atoms with E-state index in [0.717, 1.165) is 15.2 Å². The highest BCUT2D eigenvalue weighted by atomic mass is 32.2. The summed E-state index contributed by atoms with van der Waals surface area (Å²) < 4.78 is 35.2. The molecule has 1 amide bonds. The third-order valence-electron chi connectivity index (χ3n) is 4.33. The lowest BCUT2D eigenvalue weighted by molar-refractivity contribution is 0.0945. The zero-order valence-electron chi connectivity index (χ0n) is 15.8. The predicted molar refractivity (Wildman–Crippen MR) is 113 cm³/mol. The maximum Gasteiger partial charge on any atom is 0.255 e. The van der Waals surface area contributed by atoms with Crippen molar-refractivity contribution in [2.24, 2.45) is 5.14 Å². The normalized spacial score (nSPS) is 11.5. The van der Waals surface area contributed by atoms with Crippen LogP contribution < -0.4 is 15.2 Å². The third kappa shape index (κ3) is 4.06. The molecule has 2 aromatic heterocycles. The highest BCUT2D eigenvalue weighted by molar-refractivity contribution is 7.89. The Morgan fingerprint density at radius 2 is 2.00 bits per heavy atom. The number of amides is 1. The van der Waals surface area contributed by atoms with Gasteiger partial charge in [-0.25, -0.2) is 18.5 Å². The van der Waals surface area contributed by atoms with Gasteiger partial charge in [0.1, 0.15) is 11.5 Å². The van der Waals surface area contributed by atoms with Gasteiger partial charge in [-0.3, -0.25) is 4.79 Å². The topological polar surface area (TPSA) is 125 Å². The number of carbonyl (C=O) groups excluding carboxylic acids is 1. The molecule has 4 rings (SSSR count). The number of benzene rings is 2. The summed E-state index contributed by atoms with van der Waals surface area (Å²) in [6.07, 6.45) is 0. The second-order valence-corrected chi connectivity index (χ2v) is 8.93. The lowest BCUT2D eigenvalue weighted by atomic mass is 10.2. The van der Waals surface area contributed by atoms with Gasteiger partial charge in [0.05, 0.1) is 34.3 Å². The number of hydrogen-bond donors (Lipinski definition) is 2. The van der Waals surface area contributed by atoms with Crippen molar-refractivity contribution in [1.82, 2.24) is 10.3 Å². The monoisotopic (exact) mass is 443 g/mol. The van der Waals surface area contributed by atoms with Crippen LogP contribution in [0.1, 0.15) is 16.1 Å². The number of carbonyl (C=O) groups is 1. The molecule has 0 bridgehead atoms. The molecule has 0 spiro atoms. The van der Waals surface area contributed by atoms with Crippen molar-refractivity contribution in [3.63, 3.8) is 0 Å². The molecule has 0 saturated carbocycles. The van der Waals surface area contributed by atoms with Gasteiger partial charge < -0.3 is 14.5 Å². The molecular formula is C20H17N3O5S2. The van der Waals surface area contributed by atoms with Gasteiger partial charge >= 0.3 is 0 Å². The van der Waals surface area contributed by atoms with E-state index in [4.69, 9.17) is 14.3 Å². The third-order valence-corrected chi connectivity index (χ3v) is 6.30. The number of aromatic nitrogens is 1. The zero-order chi connectivity index (χ0) is 21.3. The molecule has 154 valence electrons. The van der Waals surface area contributed by atoms with Crippen molar-refractivity contribution in [3.8, 4) is 16.5 Å². The van der Waals surface area contributed by atoms with E-state index in [1.54, 1.807) is 12.1 Å². The second-order valence-electron chi connectivity index (χ2n) is 6.34. The van der Waals surface area contributed by atoms with Gasteiger partial charge in [-0.05, 0) is 42.5 Å². The first kappa shape index (κ1) is 20.1. The number of hydrogen-bond acceptors (Lipinski definition) is 7. The van der Waals surface area contributed by atoms with Crippen molar-refractivity contribution >= 4 is 37.5 Å². The SMILES string of the molecule is COc1ccc(S(N)(=O)=O)cc1C(=O)NCc1ccc(-c2nc3ccccc3s2)o1. The minimum absolute atomic E-state index is 0.0574. The molecule has 0 aliphatic heterocycles. The largest absolute Gasteiger partial charge is 0.496 e. The van der Waals surface area contributed by atoms with Crippen LogP contribution in [0.25, 0.3) is 21.0 Å². The maximum absolute atomic E-state index is 12.6. The number of rotatable bonds is 6. The summed E-state index contributed by atoms with van der Waals surface area (Å²) >= 11 is 1.52. The van der Waals surface area contributed by atoms with Crippen LogP contribution in [-0.2, 0) is 16.6 Å². The summed E-state index contributed by atoms with van der Waals surface area (Å²) in [5, 5.41) is 8.59. The van der Waals surface area contributed by atoms with Gasteiger partial charge in [0.25, 0.3) is 5.91 Å². The molecule has 0 saturated heterocycles. The van der Waals surface area contributed by atoms with Crippen LogP contribution >= 0.6 is 11.3 Å². The molecule has 0 atom stereocenters. The maximum atomic E-state index is 12.6. The lowest BCUT2D eigenvalue weighted by Gasteiger charge is -2.10. The van der Waals surface area contributed by atoms with Crippen LogP contribution in [0.5, 0.6) is 5.75 Å². The fourth-order valence-electron chi connectivity index (χ4n) is 2.87. The number of furan rings is 1. The van der Waals surface area contributed by atoms with Crippen LogP contribution in [0.15, 0.2) is 63.9 Å². The van der Waals surface area contributed by atoms with Gasteiger partial charge in [-0.15, -0.1) is 11.3 Å². The number of para-hydroxylation sites is 1. The van der Waals surface area contributed by atoms with E-state index >= 15 is 0 Å². The Balaban J connectivity index is 1.51. The van der Waals surface area contributed by atoms with E-state index in [-0.39, 0.29) is 22.8 Å². The molecular weight excluding hydrogens is 426 g/mol. The standard InChI is InChI=1S/C20H17N3O5S2/c1-27-16-9-7-13(30(21,25)26)10-14(16)19(24)22-11-12-6-8-17(28-12)20-23-15-4-2-3-5-18(15)29-20/h2-10H,11H2,1H3,(H,22,24)(H2,21,25,26). The highest BCUT2D eigenvalue weighted by Gasteiger charge is 2.18. The van der Waals surface area contributed by atoms with Crippen molar-refractivity contribution < 1.29 is 22.4 Å². The van der Waals surface area contributed by atoms with E-state index < -0.39 is 15.9 Å². The van der Waals surface area contributed by atoms with Gasteiger partial charge in [-0.2, -0.15) is 0 Å². The quantitative estimate of drug-likeness (QED) is 0.472. The average molecular weight is 444 g/mol. The fourth-order valence-corrected chi connectivity index (χ4v) is 4.34. The number of fused-ring (bicyclic) bond motifs is 1. The Morgan fingerprint density at radius 3 is 2.73 bits per heavy atom. The predicted octanol–water partition coefficient (Wildman–Crippen LogP) is 3.14. The number of methoxy groups -OCH3 is 1. The first-order valence-electron chi connectivity index (χ1n) is 8.79. The number of primary sulfonamides is 1. The summed E-state index contributed by atoms with van der Waals surface area (Å²) in [4.78, 5) is 17.0. The van der Waals surface area contributed by atoms with Gasteiger partial charge in [-0.1, -0.05) is 12.1 Å². The summed E-state index contributed by atoms with van der Waals surface area (Å²) in [7, 11) is -2.56. The van der Waals surface area contributed by atoms with Crippen molar-refractivity contribution in [2.45, 2.75) is 11.4 Å². The molecule has 2 aromatic carbocycles. The minimum atomic E-state index is -3.95. The number of nitrogens with two attached hydrogens (primary N) is 1. The average Bonchev–Trinajstić information content (AvgIpc) is 3.37. The fraction of sp³-hybridized carbons (Fsp3) is 0.100. The molecule has 8 nitrogen and oxygen atoms in total. The molecule has 0 unspecified atom stereocenters. The van der Waals surface area contributed by atoms with Crippen molar-refractivity contribution in [2.75, 3.05) is 7.11 Å². The Morgan fingerprint density at radius 1 is 1.20 bits per heavy atom. The highest BCUT2D eigenvalue weighted by Crippen LogP contribution is 2.31. The second kappa shape index (κ2) is 7.90. The molecule has 0 aliphatic rings. The number of nitrogens with one attached hydrogen (secondary N) is 1. The number of sulfonamides is 1. The van der Waals surface area contributed by atoms with E-state index in [1.165, 1.54) is 36.6 Å². The van der Waals surface area contributed by atoms with Gasteiger partial charge in [0.2, 0.25) is 10.0 Å². The van der Waals surface area contributed by atoms with E-state index in [9.17, 15) is 13.2 Å². The number of thiazole rings is 1. The smallest absolute Gasteiger partial charge is 0.255 e. The van der Waals surface area contributed by atoms with Gasteiger partial charge in [0.15, 0.2) is 10.8 Å². The molecule has 30 heavy (non-hydrogen) atoms. The van der Waals surface area contributed by atoms with E-state index in [2.05, 4.69) is 10.3 Å². The summed E-state index contributed by atoms with van der Waals surface area (Å²) in [5.74, 6) is 0.846. The van der Waals surface area contributed by atoms with Crippen LogP contribution in [0, 0.1) is 0 Å². The summed E-state index contributed by atoms with van der Waals surface area (Å²) in [6, 6.07) is 15.2.